The average Bonchev–Trinajstić information content (AvgIpc) is 3.44. The van der Waals surface area contributed by atoms with Gasteiger partial charge in [0.05, 0.1) is 12.9 Å². The molecule has 1 amide bonds. The van der Waals surface area contributed by atoms with Crippen LogP contribution in [0.3, 0.4) is 0 Å². The Labute approximate surface area is 217 Å². The van der Waals surface area contributed by atoms with Gasteiger partial charge in [-0.1, -0.05) is 17.9 Å². The number of anilines is 1. The number of aromatic nitrogens is 4. The van der Waals surface area contributed by atoms with Crippen LogP contribution in [0.1, 0.15) is 28.6 Å². The monoisotopic (exact) mass is 524 g/mol. The summed E-state index contributed by atoms with van der Waals surface area (Å²) in [4.78, 5) is 36.6. The van der Waals surface area contributed by atoms with E-state index in [1.807, 2.05) is 0 Å². The fourth-order valence-corrected chi connectivity index (χ4v) is 4.10. The molecule has 3 heterocycles. The number of nitrogen functional groups attached to an aromatic ring is 1. The molecule has 14 nitrogen and oxygen atoms in total. The van der Waals surface area contributed by atoms with Gasteiger partial charge < -0.3 is 37.3 Å². The summed E-state index contributed by atoms with van der Waals surface area (Å²) in [6, 6.07) is 5.44. The summed E-state index contributed by atoms with van der Waals surface area (Å²) in [6.07, 6.45) is -1.66. The standard InChI is InChI=1S/C24H28N8O6/c25-15(24(36)37)6-8-31(7-2-4-13-3-1-5-14(9-13)21(27)35)10-16-18(33)19(34)23(38-16)32-12-30-17-20(26)28-11-29-22(17)32/h1,3,5,9,11-12,15-16,18-19,23,33-34H,6-8,10,25H2,(H2,27,35)(H,36,37)(H2,26,28,29)/t15-,16+,18+,19+,23+/m0/s1. The third-order valence-electron chi connectivity index (χ3n) is 6.19. The number of benzene rings is 1. The Morgan fingerprint density at radius 3 is 2.74 bits per heavy atom. The third kappa shape index (κ3) is 5.88. The van der Waals surface area contributed by atoms with Crippen molar-refractivity contribution in [2.24, 2.45) is 11.5 Å². The molecule has 0 bridgehead atoms. The van der Waals surface area contributed by atoms with Gasteiger partial charge in [0.15, 0.2) is 17.7 Å². The Morgan fingerprint density at radius 2 is 2.00 bits per heavy atom. The van der Waals surface area contributed by atoms with Crippen molar-refractivity contribution in [2.75, 3.05) is 25.4 Å². The smallest absolute Gasteiger partial charge is 0.320 e. The average molecular weight is 525 g/mol. The molecule has 3 aromatic rings. The van der Waals surface area contributed by atoms with Crippen molar-refractivity contribution in [1.82, 2.24) is 24.4 Å². The highest BCUT2D eigenvalue weighted by Crippen LogP contribution is 2.32. The molecule has 1 aliphatic rings. The molecule has 0 saturated carbocycles. The number of ether oxygens (including phenoxy) is 1. The Bertz CT molecular complexity index is 1380. The van der Waals surface area contributed by atoms with E-state index in [1.165, 1.54) is 17.2 Å². The molecule has 1 saturated heterocycles. The Hall–Kier alpha value is -4.13. The summed E-state index contributed by atoms with van der Waals surface area (Å²) in [5, 5.41) is 30.7. The number of carbonyl (C=O) groups excluding carboxylic acids is 1. The second-order valence-corrected chi connectivity index (χ2v) is 8.84. The zero-order valence-corrected chi connectivity index (χ0v) is 20.2. The number of rotatable bonds is 9. The number of carbonyl (C=O) groups is 2. The van der Waals surface area contributed by atoms with E-state index in [2.05, 4.69) is 26.8 Å². The van der Waals surface area contributed by atoms with Crippen LogP contribution in [0.4, 0.5) is 5.82 Å². The van der Waals surface area contributed by atoms with E-state index < -0.39 is 42.5 Å². The van der Waals surface area contributed by atoms with Crippen LogP contribution in [-0.4, -0.2) is 95.6 Å². The van der Waals surface area contributed by atoms with Crippen molar-refractivity contribution in [3.8, 4) is 11.8 Å². The highest BCUT2D eigenvalue weighted by molar-refractivity contribution is 5.93. The van der Waals surface area contributed by atoms with E-state index in [9.17, 15) is 19.8 Å². The quantitative estimate of drug-likeness (QED) is 0.172. The number of carboxylic acid groups (broad SMARTS) is 1. The van der Waals surface area contributed by atoms with Gasteiger partial charge in [-0.05, 0) is 24.6 Å². The van der Waals surface area contributed by atoms with Crippen molar-refractivity contribution in [1.29, 1.82) is 0 Å². The molecule has 1 fully saturated rings. The second kappa shape index (κ2) is 11.5. The number of amides is 1. The summed E-state index contributed by atoms with van der Waals surface area (Å²) in [6.45, 7) is 0.508. The highest BCUT2D eigenvalue weighted by atomic mass is 16.6. The second-order valence-electron chi connectivity index (χ2n) is 8.84. The van der Waals surface area contributed by atoms with Crippen molar-refractivity contribution >= 4 is 28.9 Å². The predicted octanol–water partition coefficient (Wildman–Crippen LogP) is -1.72. The van der Waals surface area contributed by atoms with Crippen LogP contribution in [-0.2, 0) is 9.53 Å². The molecule has 38 heavy (non-hydrogen) atoms. The topological polar surface area (TPSA) is 229 Å². The molecule has 5 atom stereocenters. The minimum absolute atomic E-state index is 0.112. The van der Waals surface area contributed by atoms with Crippen LogP contribution in [0.5, 0.6) is 0 Å². The first kappa shape index (κ1) is 26.9. The first-order chi connectivity index (χ1) is 18.2. The lowest BCUT2D eigenvalue weighted by Crippen LogP contribution is -2.42. The number of imidazole rings is 1. The number of aliphatic carboxylic acids is 1. The van der Waals surface area contributed by atoms with Gasteiger partial charge in [0.2, 0.25) is 5.91 Å². The summed E-state index contributed by atoms with van der Waals surface area (Å²) >= 11 is 0. The van der Waals surface area contributed by atoms with E-state index >= 15 is 0 Å². The lowest BCUT2D eigenvalue weighted by Gasteiger charge is -2.25. The fourth-order valence-electron chi connectivity index (χ4n) is 4.10. The maximum absolute atomic E-state index is 11.4. The largest absolute Gasteiger partial charge is 0.480 e. The lowest BCUT2D eigenvalue weighted by atomic mass is 10.1. The molecule has 9 N–H and O–H groups in total. The number of hydrogen-bond donors (Lipinski definition) is 6. The normalized spacial score (nSPS) is 21.8. The fraction of sp³-hybridized carbons (Fsp3) is 0.375. The van der Waals surface area contributed by atoms with Gasteiger partial charge in [-0.2, -0.15) is 0 Å². The number of carboxylic acids is 1. The van der Waals surface area contributed by atoms with E-state index in [0.717, 1.165) is 0 Å². The molecule has 0 spiro atoms. The minimum Gasteiger partial charge on any atom is -0.480 e. The Balaban J connectivity index is 1.50. The third-order valence-corrected chi connectivity index (χ3v) is 6.19. The molecule has 4 rings (SSSR count). The number of nitrogens with two attached hydrogens (primary N) is 3. The molecule has 0 unspecified atom stereocenters. The number of primary amides is 1. The number of fused-ring (bicyclic) bond motifs is 1. The Kier molecular flexibility index (Phi) is 8.15. The summed E-state index contributed by atoms with van der Waals surface area (Å²) < 4.78 is 7.47. The maximum Gasteiger partial charge on any atom is 0.320 e. The maximum atomic E-state index is 11.4. The zero-order valence-electron chi connectivity index (χ0n) is 20.2. The van der Waals surface area contributed by atoms with Crippen LogP contribution in [0, 0.1) is 11.8 Å². The molecule has 14 heteroatoms. The van der Waals surface area contributed by atoms with Crippen molar-refractivity contribution in [3.05, 3.63) is 48.0 Å². The first-order valence-electron chi connectivity index (χ1n) is 11.7. The summed E-state index contributed by atoms with van der Waals surface area (Å²) in [5.41, 5.74) is 18.4. The van der Waals surface area contributed by atoms with Crippen LogP contribution >= 0.6 is 0 Å². The molecule has 0 radical (unpaired) electrons. The molecule has 2 aromatic heterocycles. The SMILES string of the molecule is NC(=O)c1cccc(C#CCN(CC[C@H](N)C(=O)O)C[C@H]2O[C@@H](n3cnc4c(N)ncnc43)[C@H](O)[C@@H]2O)c1. The van der Waals surface area contributed by atoms with E-state index in [4.69, 9.17) is 27.0 Å². The van der Waals surface area contributed by atoms with Crippen LogP contribution in [0.25, 0.3) is 11.2 Å². The molecule has 1 aromatic carbocycles. The number of nitrogens with zero attached hydrogens (tertiary/aromatic N) is 5. The van der Waals surface area contributed by atoms with Gasteiger partial charge in [0.1, 0.15) is 36.2 Å². The lowest BCUT2D eigenvalue weighted by molar-refractivity contribution is -0.138. The van der Waals surface area contributed by atoms with Crippen LogP contribution in [0.15, 0.2) is 36.9 Å². The zero-order chi connectivity index (χ0) is 27.4. The van der Waals surface area contributed by atoms with E-state index in [0.29, 0.717) is 22.3 Å². The van der Waals surface area contributed by atoms with Crippen molar-refractivity contribution in [3.63, 3.8) is 0 Å². The Morgan fingerprint density at radius 1 is 1.21 bits per heavy atom. The van der Waals surface area contributed by atoms with E-state index in [-0.39, 0.29) is 31.9 Å². The van der Waals surface area contributed by atoms with Crippen molar-refractivity contribution < 1.29 is 29.6 Å². The first-order valence-corrected chi connectivity index (χ1v) is 11.7. The number of aliphatic hydroxyl groups is 2. The summed E-state index contributed by atoms with van der Waals surface area (Å²) in [5.74, 6) is 4.38. The van der Waals surface area contributed by atoms with E-state index in [1.54, 1.807) is 29.2 Å². The minimum atomic E-state index is -1.31. The van der Waals surface area contributed by atoms with Gasteiger partial charge in [-0.3, -0.25) is 19.1 Å². The van der Waals surface area contributed by atoms with Crippen LogP contribution in [0.2, 0.25) is 0 Å². The molecular formula is C24H28N8O6. The summed E-state index contributed by atoms with van der Waals surface area (Å²) in [7, 11) is 0. The highest BCUT2D eigenvalue weighted by Gasteiger charge is 2.44. The predicted molar refractivity (Wildman–Crippen MR) is 134 cm³/mol. The van der Waals surface area contributed by atoms with Gasteiger partial charge in [0, 0.05) is 24.2 Å². The van der Waals surface area contributed by atoms with Crippen LogP contribution < -0.4 is 17.2 Å². The van der Waals surface area contributed by atoms with Crippen molar-refractivity contribution in [2.45, 2.75) is 37.0 Å². The molecule has 0 aliphatic carbocycles. The molecule has 200 valence electrons. The van der Waals surface area contributed by atoms with Gasteiger partial charge in [-0.15, -0.1) is 0 Å². The van der Waals surface area contributed by atoms with Gasteiger partial charge >= 0.3 is 5.97 Å². The molecule has 1 aliphatic heterocycles. The van der Waals surface area contributed by atoms with Gasteiger partial charge in [-0.25, -0.2) is 15.0 Å². The molecular weight excluding hydrogens is 496 g/mol. The van der Waals surface area contributed by atoms with Gasteiger partial charge in [0.25, 0.3) is 0 Å². The number of hydrogen-bond acceptors (Lipinski definition) is 11. The number of aliphatic hydroxyl groups excluding tert-OH is 2.